The second kappa shape index (κ2) is 9.10. The fraction of sp³-hybridized carbons (Fsp3) is 0.278. The zero-order chi connectivity index (χ0) is 16.5. The van der Waals surface area contributed by atoms with E-state index in [1.165, 1.54) is 11.8 Å². The van der Waals surface area contributed by atoms with Gasteiger partial charge in [0, 0.05) is 4.90 Å². The number of ether oxygens (including phenoxy) is 3. The molecule has 0 atom stereocenters. The number of esters is 1. The minimum atomic E-state index is -0.284. The van der Waals surface area contributed by atoms with E-state index in [-0.39, 0.29) is 11.7 Å². The molecule has 0 spiro atoms. The van der Waals surface area contributed by atoms with Crippen LogP contribution in [0.4, 0.5) is 0 Å². The van der Waals surface area contributed by atoms with E-state index < -0.39 is 0 Å². The average molecular weight is 332 g/mol. The topological polar surface area (TPSA) is 44.8 Å². The molecule has 0 amide bonds. The minimum Gasteiger partial charge on any atom is -0.497 e. The summed E-state index contributed by atoms with van der Waals surface area (Å²) in [6.07, 6.45) is 0.958. The molecule has 4 nitrogen and oxygen atoms in total. The second-order valence-electron chi connectivity index (χ2n) is 4.76. The van der Waals surface area contributed by atoms with Gasteiger partial charge in [-0.15, -0.1) is 11.8 Å². The quantitative estimate of drug-likeness (QED) is 0.412. The summed E-state index contributed by atoms with van der Waals surface area (Å²) >= 11 is 1.43. The van der Waals surface area contributed by atoms with Crippen LogP contribution in [0.3, 0.4) is 0 Å². The highest BCUT2D eigenvalue weighted by molar-refractivity contribution is 8.00. The Kier molecular flexibility index (Phi) is 6.81. The van der Waals surface area contributed by atoms with Crippen molar-refractivity contribution >= 4 is 17.7 Å². The van der Waals surface area contributed by atoms with Gasteiger partial charge in [0.05, 0.1) is 19.5 Å². The Hall–Kier alpha value is -2.14. The number of hydrogen-bond acceptors (Lipinski definition) is 5. The van der Waals surface area contributed by atoms with Crippen LogP contribution in [0.2, 0.25) is 0 Å². The molecule has 2 aromatic rings. The summed E-state index contributed by atoms with van der Waals surface area (Å²) < 4.78 is 15.9. The van der Waals surface area contributed by atoms with Crippen molar-refractivity contribution < 1.29 is 19.0 Å². The molecule has 0 saturated carbocycles. The van der Waals surface area contributed by atoms with Crippen molar-refractivity contribution in [2.45, 2.75) is 18.2 Å². The summed E-state index contributed by atoms with van der Waals surface area (Å²) in [5.74, 6) is 2.06. The standard InChI is InChI=1S/C18H20O4S/c1-3-12-21-15-4-6-16(7-5-15)22-18(19)13-23-17-10-8-14(20-2)9-11-17/h4-11H,3,12-13H2,1-2H3. The number of thioether (sulfide) groups is 1. The number of benzene rings is 2. The van der Waals surface area contributed by atoms with E-state index in [9.17, 15) is 4.79 Å². The summed E-state index contributed by atoms with van der Waals surface area (Å²) in [5, 5.41) is 0. The van der Waals surface area contributed by atoms with E-state index in [4.69, 9.17) is 14.2 Å². The maximum atomic E-state index is 11.9. The van der Waals surface area contributed by atoms with Crippen LogP contribution in [-0.4, -0.2) is 25.4 Å². The van der Waals surface area contributed by atoms with Crippen molar-refractivity contribution in [1.82, 2.24) is 0 Å². The molecule has 2 aromatic carbocycles. The first-order chi connectivity index (χ1) is 11.2. The van der Waals surface area contributed by atoms with Crippen molar-refractivity contribution in [1.29, 1.82) is 0 Å². The van der Waals surface area contributed by atoms with E-state index in [0.29, 0.717) is 12.4 Å². The van der Waals surface area contributed by atoms with Gasteiger partial charge in [-0.05, 0) is 55.0 Å². The molecule has 0 fully saturated rings. The van der Waals surface area contributed by atoms with Gasteiger partial charge in [0.2, 0.25) is 0 Å². The fourth-order valence-corrected chi connectivity index (χ4v) is 2.47. The molecule has 0 aliphatic rings. The molecule has 0 radical (unpaired) electrons. The molecular weight excluding hydrogens is 312 g/mol. The molecule has 5 heteroatoms. The van der Waals surface area contributed by atoms with Gasteiger partial charge in [0.1, 0.15) is 17.2 Å². The second-order valence-corrected chi connectivity index (χ2v) is 5.81. The van der Waals surface area contributed by atoms with Crippen LogP contribution in [0, 0.1) is 0 Å². The van der Waals surface area contributed by atoms with Gasteiger partial charge >= 0.3 is 5.97 Å². The molecule has 0 unspecified atom stereocenters. The number of rotatable bonds is 8. The Morgan fingerprint density at radius 2 is 1.57 bits per heavy atom. The lowest BCUT2D eigenvalue weighted by atomic mass is 10.3. The Morgan fingerprint density at radius 3 is 2.17 bits per heavy atom. The smallest absolute Gasteiger partial charge is 0.321 e. The molecule has 0 saturated heterocycles. The largest absolute Gasteiger partial charge is 0.497 e. The van der Waals surface area contributed by atoms with Crippen LogP contribution in [0.25, 0.3) is 0 Å². The van der Waals surface area contributed by atoms with Crippen LogP contribution in [0.5, 0.6) is 17.2 Å². The minimum absolute atomic E-state index is 0.250. The summed E-state index contributed by atoms with van der Waals surface area (Å²) in [7, 11) is 1.62. The van der Waals surface area contributed by atoms with Gasteiger partial charge in [0.25, 0.3) is 0 Å². The average Bonchev–Trinajstić information content (AvgIpc) is 2.60. The molecular formula is C18H20O4S. The highest BCUT2D eigenvalue weighted by atomic mass is 32.2. The van der Waals surface area contributed by atoms with Crippen LogP contribution in [-0.2, 0) is 4.79 Å². The first kappa shape index (κ1) is 17.2. The van der Waals surface area contributed by atoms with Gasteiger partial charge in [-0.2, -0.15) is 0 Å². The van der Waals surface area contributed by atoms with Crippen molar-refractivity contribution in [3.8, 4) is 17.2 Å². The third kappa shape index (κ3) is 5.87. The van der Waals surface area contributed by atoms with E-state index in [2.05, 4.69) is 6.92 Å². The molecule has 0 aromatic heterocycles. The van der Waals surface area contributed by atoms with Gasteiger partial charge in [-0.25, -0.2) is 0 Å². The van der Waals surface area contributed by atoms with Gasteiger partial charge < -0.3 is 14.2 Å². The fourth-order valence-electron chi connectivity index (χ4n) is 1.80. The zero-order valence-electron chi connectivity index (χ0n) is 13.3. The Morgan fingerprint density at radius 1 is 0.957 bits per heavy atom. The Labute approximate surface area is 140 Å². The van der Waals surface area contributed by atoms with E-state index in [0.717, 1.165) is 22.8 Å². The summed E-state index contributed by atoms with van der Waals surface area (Å²) in [6.45, 7) is 2.73. The van der Waals surface area contributed by atoms with Crippen molar-refractivity contribution in [3.05, 3.63) is 48.5 Å². The SMILES string of the molecule is CCCOc1ccc(OC(=O)CSc2ccc(OC)cc2)cc1. The maximum Gasteiger partial charge on any atom is 0.321 e. The number of hydrogen-bond donors (Lipinski definition) is 0. The van der Waals surface area contributed by atoms with E-state index in [1.807, 2.05) is 24.3 Å². The van der Waals surface area contributed by atoms with Crippen LogP contribution in [0.1, 0.15) is 13.3 Å². The molecule has 0 N–H and O–H groups in total. The predicted octanol–water partition coefficient (Wildman–Crippen LogP) is 4.18. The third-order valence-electron chi connectivity index (χ3n) is 2.94. The number of methoxy groups -OCH3 is 1. The summed E-state index contributed by atoms with van der Waals surface area (Å²) in [5.41, 5.74) is 0. The van der Waals surface area contributed by atoms with Crippen LogP contribution >= 0.6 is 11.8 Å². The molecule has 0 heterocycles. The third-order valence-corrected chi connectivity index (χ3v) is 3.93. The first-order valence-electron chi connectivity index (χ1n) is 7.41. The number of carbonyl (C=O) groups excluding carboxylic acids is 1. The highest BCUT2D eigenvalue weighted by Crippen LogP contribution is 2.22. The van der Waals surface area contributed by atoms with E-state index >= 15 is 0 Å². The number of carbonyl (C=O) groups is 1. The molecule has 2 rings (SSSR count). The van der Waals surface area contributed by atoms with Crippen molar-refractivity contribution in [3.63, 3.8) is 0 Å². The predicted molar refractivity (Wildman–Crippen MR) is 91.6 cm³/mol. The summed E-state index contributed by atoms with van der Waals surface area (Å²) in [4.78, 5) is 12.9. The zero-order valence-corrected chi connectivity index (χ0v) is 14.1. The molecule has 0 aliphatic heterocycles. The molecule has 0 aliphatic carbocycles. The van der Waals surface area contributed by atoms with Gasteiger partial charge in [-0.3, -0.25) is 4.79 Å². The highest BCUT2D eigenvalue weighted by Gasteiger charge is 2.06. The Bertz CT molecular complexity index is 608. The lowest BCUT2D eigenvalue weighted by Crippen LogP contribution is -2.10. The van der Waals surface area contributed by atoms with Crippen molar-refractivity contribution in [2.75, 3.05) is 19.5 Å². The molecule has 0 bridgehead atoms. The van der Waals surface area contributed by atoms with Crippen LogP contribution in [0.15, 0.2) is 53.4 Å². The maximum absolute atomic E-state index is 11.9. The lowest BCUT2D eigenvalue weighted by molar-refractivity contribution is -0.131. The van der Waals surface area contributed by atoms with Crippen LogP contribution < -0.4 is 14.2 Å². The van der Waals surface area contributed by atoms with Crippen molar-refractivity contribution in [2.24, 2.45) is 0 Å². The first-order valence-corrected chi connectivity index (χ1v) is 8.40. The normalized spacial score (nSPS) is 10.2. The molecule has 23 heavy (non-hydrogen) atoms. The van der Waals surface area contributed by atoms with E-state index in [1.54, 1.807) is 31.4 Å². The molecule has 122 valence electrons. The van der Waals surface area contributed by atoms with Gasteiger partial charge in [-0.1, -0.05) is 6.92 Å². The lowest BCUT2D eigenvalue weighted by Gasteiger charge is -2.07. The van der Waals surface area contributed by atoms with Gasteiger partial charge in [0.15, 0.2) is 0 Å². The monoisotopic (exact) mass is 332 g/mol. The Balaban J connectivity index is 1.79. The summed E-state index contributed by atoms with van der Waals surface area (Å²) in [6, 6.07) is 14.6.